The highest BCUT2D eigenvalue weighted by molar-refractivity contribution is 5.94. The number of unbranched alkanes of at least 4 members (excludes halogenated alkanes) is 5. The highest BCUT2D eigenvalue weighted by atomic mass is 35.5. The average molecular weight is 407 g/mol. The number of amides is 1. The molecule has 1 amide bonds. The van der Waals surface area contributed by atoms with Crippen molar-refractivity contribution in [2.75, 3.05) is 19.6 Å². The minimum Gasteiger partial charge on any atom is -0.352 e. The van der Waals surface area contributed by atoms with Crippen LogP contribution in [0, 0.1) is 0 Å². The maximum absolute atomic E-state index is 12.2. The monoisotopic (exact) mass is 406 g/mol. The number of carbonyl (C=O) groups is 1. The lowest BCUT2D eigenvalue weighted by atomic mass is 10.1. The van der Waals surface area contributed by atoms with E-state index < -0.39 is 0 Å². The number of halogens is 1. The molecule has 0 bridgehead atoms. The van der Waals surface area contributed by atoms with Gasteiger partial charge in [-0.1, -0.05) is 56.3 Å². The Kier molecular flexibility index (Phi) is 9.44. The molecule has 1 atom stereocenters. The first-order valence-electron chi connectivity index (χ1n) is 10.2. The fourth-order valence-corrected chi connectivity index (χ4v) is 3.36. The molecule has 1 aromatic carbocycles. The van der Waals surface area contributed by atoms with Crippen molar-refractivity contribution in [3.05, 3.63) is 35.7 Å². The van der Waals surface area contributed by atoms with Gasteiger partial charge in [0.05, 0.1) is 5.92 Å². The molecule has 1 fully saturated rings. The maximum atomic E-state index is 12.2. The van der Waals surface area contributed by atoms with Crippen LogP contribution in [0.4, 0.5) is 0 Å². The first-order chi connectivity index (χ1) is 13.3. The van der Waals surface area contributed by atoms with E-state index in [0.717, 1.165) is 38.0 Å². The second kappa shape index (κ2) is 11.8. The highest BCUT2D eigenvalue weighted by Gasteiger charge is 2.23. The number of benzene rings is 1. The third-order valence-corrected chi connectivity index (χ3v) is 5.07. The molecule has 1 aromatic heterocycles. The van der Waals surface area contributed by atoms with Crippen LogP contribution in [0.15, 0.2) is 28.8 Å². The molecule has 0 saturated carbocycles. The molecule has 1 saturated heterocycles. The fourth-order valence-electron chi connectivity index (χ4n) is 3.36. The van der Waals surface area contributed by atoms with Gasteiger partial charge in [-0.15, -0.1) is 12.4 Å². The Bertz CT molecular complexity index is 711. The van der Waals surface area contributed by atoms with Crippen LogP contribution in [0.1, 0.15) is 74.0 Å². The summed E-state index contributed by atoms with van der Waals surface area (Å²) in [6.45, 7) is 4.83. The van der Waals surface area contributed by atoms with Crippen molar-refractivity contribution in [3.63, 3.8) is 0 Å². The van der Waals surface area contributed by atoms with Crippen molar-refractivity contribution in [1.29, 1.82) is 0 Å². The Labute approximate surface area is 173 Å². The van der Waals surface area contributed by atoms with E-state index in [1.165, 1.54) is 32.1 Å². The maximum Gasteiger partial charge on any atom is 0.251 e. The topological polar surface area (TPSA) is 80.0 Å². The third-order valence-electron chi connectivity index (χ3n) is 5.07. The Morgan fingerprint density at radius 1 is 1.18 bits per heavy atom. The predicted octanol–water partition coefficient (Wildman–Crippen LogP) is 4.33. The van der Waals surface area contributed by atoms with Crippen LogP contribution in [0.25, 0.3) is 11.4 Å². The minimum atomic E-state index is -0.0269. The van der Waals surface area contributed by atoms with Gasteiger partial charge >= 0.3 is 0 Å². The van der Waals surface area contributed by atoms with Gasteiger partial charge in [-0.25, -0.2) is 0 Å². The van der Waals surface area contributed by atoms with E-state index in [1.807, 2.05) is 24.3 Å². The molecule has 154 valence electrons. The van der Waals surface area contributed by atoms with E-state index >= 15 is 0 Å². The Morgan fingerprint density at radius 3 is 2.64 bits per heavy atom. The molecule has 1 aliphatic rings. The van der Waals surface area contributed by atoms with Gasteiger partial charge in [0.25, 0.3) is 5.91 Å². The van der Waals surface area contributed by atoms with Gasteiger partial charge in [0.15, 0.2) is 0 Å². The van der Waals surface area contributed by atoms with Crippen molar-refractivity contribution in [1.82, 2.24) is 20.8 Å². The van der Waals surface area contributed by atoms with E-state index in [-0.39, 0.29) is 18.3 Å². The van der Waals surface area contributed by atoms with Crippen LogP contribution in [-0.2, 0) is 0 Å². The summed E-state index contributed by atoms with van der Waals surface area (Å²) < 4.78 is 5.40. The molecule has 0 unspecified atom stereocenters. The number of nitrogens with one attached hydrogen (secondary N) is 2. The second-order valence-electron chi connectivity index (χ2n) is 7.25. The molecule has 1 aliphatic heterocycles. The zero-order valence-corrected chi connectivity index (χ0v) is 17.4. The molecule has 2 N–H and O–H groups in total. The molecular weight excluding hydrogens is 376 g/mol. The van der Waals surface area contributed by atoms with Crippen molar-refractivity contribution in [3.8, 4) is 11.4 Å². The number of carbonyl (C=O) groups excluding carboxylic acids is 1. The van der Waals surface area contributed by atoms with Gasteiger partial charge in [0.1, 0.15) is 0 Å². The molecule has 0 spiro atoms. The largest absolute Gasteiger partial charge is 0.352 e. The van der Waals surface area contributed by atoms with Gasteiger partial charge in [-0.3, -0.25) is 4.79 Å². The summed E-state index contributed by atoms with van der Waals surface area (Å²) in [6.07, 6.45) is 8.35. The summed E-state index contributed by atoms with van der Waals surface area (Å²) in [7, 11) is 0. The van der Waals surface area contributed by atoms with Gasteiger partial charge < -0.3 is 15.2 Å². The van der Waals surface area contributed by atoms with Gasteiger partial charge in [-0.05, 0) is 31.5 Å². The van der Waals surface area contributed by atoms with Crippen molar-refractivity contribution in [2.24, 2.45) is 0 Å². The Hall–Kier alpha value is -1.92. The summed E-state index contributed by atoms with van der Waals surface area (Å²) in [5, 5.41) is 10.4. The lowest BCUT2D eigenvalue weighted by Gasteiger charge is -2.05. The van der Waals surface area contributed by atoms with Gasteiger partial charge in [-0.2, -0.15) is 4.98 Å². The summed E-state index contributed by atoms with van der Waals surface area (Å²) in [6, 6.07) is 7.39. The molecule has 2 aromatic rings. The summed E-state index contributed by atoms with van der Waals surface area (Å²) in [4.78, 5) is 16.7. The molecule has 28 heavy (non-hydrogen) atoms. The van der Waals surface area contributed by atoms with E-state index in [4.69, 9.17) is 4.52 Å². The zero-order valence-electron chi connectivity index (χ0n) is 16.6. The summed E-state index contributed by atoms with van der Waals surface area (Å²) in [5.74, 6) is 1.55. The fraction of sp³-hybridized carbons (Fsp3) is 0.571. The highest BCUT2D eigenvalue weighted by Crippen LogP contribution is 2.24. The van der Waals surface area contributed by atoms with E-state index in [9.17, 15) is 4.79 Å². The van der Waals surface area contributed by atoms with Crippen LogP contribution in [0.2, 0.25) is 0 Å². The molecule has 0 radical (unpaired) electrons. The third kappa shape index (κ3) is 6.31. The molecule has 3 rings (SSSR count). The predicted molar refractivity (Wildman–Crippen MR) is 113 cm³/mol. The van der Waals surface area contributed by atoms with Crippen molar-refractivity contribution < 1.29 is 9.32 Å². The van der Waals surface area contributed by atoms with Crippen molar-refractivity contribution >= 4 is 18.3 Å². The summed E-state index contributed by atoms with van der Waals surface area (Å²) >= 11 is 0. The lowest BCUT2D eigenvalue weighted by Crippen LogP contribution is -2.24. The number of rotatable bonds is 10. The number of aromatic nitrogens is 2. The molecule has 0 aliphatic carbocycles. The SMILES string of the molecule is CCCCCCCCNC(=O)c1ccc(-c2noc([C@@H]3CCNC3)n2)cc1.Cl. The van der Waals surface area contributed by atoms with Gasteiger partial charge in [0.2, 0.25) is 11.7 Å². The zero-order chi connectivity index (χ0) is 18.9. The molecule has 7 heteroatoms. The second-order valence-corrected chi connectivity index (χ2v) is 7.25. The molecule has 2 heterocycles. The number of hydrogen-bond donors (Lipinski definition) is 2. The van der Waals surface area contributed by atoms with Crippen LogP contribution in [0.5, 0.6) is 0 Å². The minimum absolute atomic E-state index is 0. The standard InChI is InChI=1S/C21H30N4O2.ClH/c1-2-3-4-5-6-7-13-23-20(26)17-10-8-16(9-11-17)19-24-21(27-25-19)18-12-14-22-15-18;/h8-11,18,22H,2-7,12-15H2,1H3,(H,23,26);1H/t18-;/m1./s1. The number of nitrogens with zero attached hydrogens (tertiary/aromatic N) is 2. The molecule has 6 nitrogen and oxygen atoms in total. The van der Waals surface area contributed by atoms with E-state index in [2.05, 4.69) is 27.7 Å². The van der Waals surface area contributed by atoms with Gasteiger partial charge in [0, 0.05) is 24.2 Å². The first kappa shape index (κ1) is 22.4. The van der Waals surface area contributed by atoms with Crippen LogP contribution in [0.3, 0.4) is 0 Å². The normalized spacial score (nSPS) is 16.0. The first-order valence-corrected chi connectivity index (χ1v) is 10.2. The van der Waals surface area contributed by atoms with Crippen LogP contribution in [-0.4, -0.2) is 35.7 Å². The van der Waals surface area contributed by atoms with E-state index in [0.29, 0.717) is 23.2 Å². The van der Waals surface area contributed by atoms with Crippen molar-refractivity contribution in [2.45, 2.75) is 57.8 Å². The Morgan fingerprint density at radius 2 is 1.93 bits per heavy atom. The lowest BCUT2D eigenvalue weighted by molar-refractivity contribution is 0.0953. The van der Waals surface area contributed by atoms with E-state index in [1.54, 1.807) is 0 Å². The smallest absolute Gasteiger partial charge is 0.251 e. The molecular formula is C21H31ClN4O2. The Balaban J connectivity index is 0.00000280. The van der Waals surface area contributed by atoms with Crippen LogP contribution >= 0.6 is 12.4 Å². The van der Waals surface area contributed by atoms with Crippen LogP contribution < -0.4 is 10.6 Å². The number of hydrogen-bond acceptors (Lipinski definition) is 5. The summed E-state index contributed by atoms with van der Waals surface area (Å²) in [5.41, 5.74) is 1.52. The average Bonchev–Trinajstić information content (AvgIpc) is 3.39. The quantitative estimate of drug-likeness (QED) is 0.574.